The van der Waals surface area contributed by atoms with Gasteiger partial charge in [-0.15, -0.1) is 0 Å². The SMILES string of the molecule is CC(=O)N1Cc2ccc(C(O)Cc3ccccc3)cc2C1. The first-order valence-electron chi connectivity index (χ1n) is 7.22. The molecule has 3 heteroatoms. The average Bonchev–Trinajstić information content (AvgIpc) is 2.91. The van der Waals surface area contributed by atoms with E-state index in [9.17, 15) is 9.90 Å². The Hall–Kier alpha value is -2.13. The van der Waals surface area contributed by atoms with Gasteiger partial charge in [-0.1, -0.05) is 48.5 Å². The lowest BCUT2D eigenvalue weighted by Gasteiger charge is -2.12. The number of fused-ring (bicyclic) bond motifs is 1. The number of nitrogens with zero attached hydrogens (tertiary/aromatic N) is 1. The van der Waals surface area contributed by atoms with Crippen LogP contribution in [0.15, 0.2) is 48.5 Å². The summed E-state index contributed by atoms with van der Waals surface area (Å²) in [7, 11) is 0. The molecule has 3 rings (SSSR count). The molecule has 21 heavy (non-hydrogen) atoms. The second-order valence-electron chi connectivity index (χ2n) is 5.61. The molecule has 0 saturated carbocycles. The van der Waals surface area contributed by atoms with Gasteiger partial charge in [0.05, 0.1) is 6.10 Å². The molecule has 1 N–H and O–H groups in total. The number of benzene rings is 2. The van der Waals surface area contributed by atoms with Crippen molar-refractivity contribution in [1.82, 2.24) is 4.90 Å². The number of amides is 1. The normalized spacial score (nSPS) is 14.9. The summed E-state index contributed by atoms with van der Waals surface area (Å²) < 4.78 is 0. The molecular weight excluding hydrogens is 262 g/mol. The van der Waals surface area contributed by atoms with Crippen molar-refractivity contribution in [3.63, 3.8) is 0 Å². The van der Waals surface area contributed by atoms with Gasteiger partial charge in [0, 0.05) is 26.4 Å². The quantitative estimate of drug-likeness (QED) is 0.940. The van der Waals surface area contributed by atoms with Crippen LogP contribution in [0.4, 0.5) is 0 Å². The zero-order chi connectivity index (χ0) is 14.8. The molecule has 1 heterocycles. The van der Waals surface area contributed by atoms with Crippen LogP contribution in [0, 0.1) is 0 Å². The molecular formula is C18H19NO2. The highest BCUT2D eigenvalue weighted by atomic mass is 16.3. The lowest BCUT2D eigenvalue weighted by molar-refractivity contribution is -0.129. The average molecular weight is 281 g/mol. The standard InChI is InChI=1S/C18H19NO2/c1-13(20)19-11-16-8-7-15(10-17(16)12-19)18(21)9-14-5-3-2-4-6-14/h2-8,10,18,21H,9,11-12H2,1H3. The van der Waals surface area contributed by atoms with Crippen LogP contribution in [0.1, 0.15) is 35.3 Å². The molecule has 3 nitrogen and oxygen atoms in total. The van der Waals surface area contributed by atoms with Gasteiger partial charge < -0.3 is 10.0 Å². The fourth-order valence-electron chi connectivity index (χ4n) is 2.80. The third-order valence-electron chi connectivity index (χ3n) is 4.05. The molecule has 0 aromatic heterocycles. The lowest BCUT2D eigenvalue weighted by atomic mass is 9.98. The van der Waals surface area contributed by atoms with E-state index in [1.165, 1.54) is 5.56 Å². The van der Waals surface area contributed by atoms with Gasteiger partial charge in [-0.25, -0.2) is 0 Å². The van der Waals surface area contributed by atoms with Gasteiger partial charge >= 0.3 is 0 Å². The number of hydrogen-bond acceptors (Lipinski definition) is 2. The first-order valence-corrected chi connectivity index (χ1v) is 7.22. The van der Waals surface area contributed by atoms with E-state index in [1.54, 1.807) is 6.92 Å². The van der Waals surface area contributed by atoms with E-state index < -0.39 is 6.10 Å². The largest absolute Gasteiger partial charge is 0.388 e. The molecule has 108 valence electrons. The van der Waals surface area contributed by atoms with Gasteiger partial charge in [-0.3, -0.25) is 4.79 Å². The smallest absolute Gasteiger partial charge is 0.220 e. The summed E-state index contributed by atoms with van der Waals surface area (Å²) in [6.45, 7) is 2.92. The Morgan fingerprint density at radius 3 is 2.57 bits per heavy atom. The van der Waals surface area contributed by atoms with E-state index in [2.05, 4.69) is 0 Å². The fraction of sp³-hybridized carbons (Fsp3) is 0.278. The van der Waals surface area contributed by atoms with Crippen LogP contribution in [0.2, 0.25) is 0 Å². The Morgan fingerprint density at radius 1 is 1.14 bits per heavy atom. The summed E-state index contributed by atoms with van der Waals surface area (Å²) in [5.74, 6) is 0.0950. The predicted molar refractivity (Wildman–Crippen MR) is 81.5 cm³/mol. The third kappa shape index (κ3) is 2.98. The van der Waals surface area contributed by atoms with Crippen molar-refractivity contribution < 1.29 is 9.90 Å². The van der Waals surface area contributed by atoms with E-state index in [0.717, 1.165) is 16.7 Å². The number of hydrogen-bond donors (Lipinski definition) is 1. The Kier molecular flexibility index (Phi) is 3.76. The molecule has 0 bridgehead atoms. The second kappa shape index (κ2) is 5.70. The number of aliphatic hydroxyl groups is 1. The van der Waals surface area contributed by atoms with Crippen molar-refractivity contribution in [1.29, 1.82) is 0 Å². The van der Waals surface area contributed by atoms with Crippen LogP contribution in [0.3, 0.4) is 0 Å². The predicted octanol–water partition coefficient (Wildman–Crippen LogP) is 2.82. The molecule has 1 unspecified atom stereocenters. The van der Waals surface area contributed by atoms with Crippen molar-refractivity contribution in [3.05, 3.63) is 70.8 Å². The Bertz CT molecular complexity index is 652. The highest BCUT2D eigenvalue weighted by Crippen LogP contribution is 2.27. The lowest BCUT2D eigenvalue weighted by Crippen LogP contribution is -2.21. The van der Waals surface area contributed by atoms with Crippen molar-refractivity contribution in [2.24, 2.45) is 0 Å². The molecule has 1 aliphatic rings. The van der Waals surface area contributed by atoms with E-state index in [4.69, 9.17) is 0 Å². The van der Waals surface area contributed by atoms with Crippen LogP contribution in [0.25, 0.3) is 0 Å². The van der Waals surface area contributed by atoms with Crippen LogP contribution < -0.4 is 0 Å². The summed E-state index contributed by atoms with van der Waals surface area (Å²) in [6.07, 6.45) is 0.0971. The molecule has 2 aromatic carbocycles. The summed E-state index contributed by atoms with van der Waals surface area (Å²) in [5, 5.41) is 10.4. The van der Waals surface area contributed by atoms with E-state index in [0.29, 0.717) is 19.5 Å². The minimum atomic E-state index is -0.510. The molecule has 1 aliphatic heterocycles. The highest BCUT2D eigenvalue weighted by molar-refractivity contribution is 5.74. The van der Waals surface area contributed by atoms with Crippen molar-refractivity contribution >= 4 is 5.91 Å². The van der Waals surface area contributed by atoms with Gasteiger partial charge in [0.15, 0.2) is 0 Å². The Balaban J connectivity index is 1.76. The van der Waals surface area contributed by atoms with Crippen LogP contribution in [-0.4, -0.2) is 15.9 Å². The molecule has 0 saturated heterocycles. The van der Waals surface area contributed by atoms with E-state index in [-0.39, 0.29) is 5.91 Å². The maximum absolute atomic E-state index is 11.5. The topological polar surface area (TPSA) is 40.5 Å². The van der Waals surface area contributed by atoms with Crippen molar-refractivity contribution in [2.45, 2.75) is 32.5 Å². The van der Waals surface area contributed by atoms with Crippen LogP contribution in [0.5, 0.6) is 0 Å². The first kappa shape index (κ1) is 13.8. The minimum absolute atomic E-state index is 0.0950. The maximum atomic E-state index is 11.5. The van der Waals surface area contributed by atoms with Gasteiger partial charge in [-0.05, 0) is 22.3 Å². The molecule has 1 atom stereocenters. The Labute approximate surface area is 124 Å². The molecule has 0 aliphatic carbocycles. The number of carbonyl (C=O) groups excluding carboxylic acids is 1. The monoisotopic (exact) mass is 281 g/mol. The van der Waals surface area contributed by atoms with Gasteiger partial charge in [-0.2, -0.15) is 0 Å². The fourth-order valence-corrected chi connectivity index (χ4v) is 2.80. The minimum Gasteiger partial charge on any atom is -0.388 e. The van der Waals surface area contributed by atoms with Gasteiger partial charge in [0.25, 0.3) is 0 Å². The van der Waals surface area contributed by atoms with Crippen molar-refractivity contribution in [2.75, 3.05) is 0 Å². The Morgan fingerprint density at radius 2 is 1.86 bits per heavy atom. The summed E-state index contributed by atoms with van der Waals surface area (Å²) in [5.41, 5.74) is 4.37. The zero-order valence-electron chi connectivity index (χ0n) is 12.1. The van der Waals surface area contributed by atoms with E-state index in [1.807, 2.05) is 53.4 Å². The molecule has 2 aromatic rings. The molecule has 0 fully saturated rings. The third-order valence-corrected chi connectivity index (χ3v) is 4.05. The summed E-state index contributed by atoms with van der Waals surface area (Å²) in [4.78, 5) is 13.3. The van der Waals surface area contributed by atoms with Gasteiger partial charge in [0.2, 0.25) is 5.91 Å². The van der Waals surface area contributed by atoms with E-state index >= 15 is 0 Å². The summed E-state index contributed by atoms with van der Waals surface area (Å²) >= 11 is 0. The summed E-state index contributed by atoms with van der Waals surface area (Å²) in [6, 6.07) is 16.0. The van der Waals surface area contributed by atoms with Crippen molar-refractivity contribution in [3.8, 4) is 0 Å². The van der Waals surface area contributed by atoms with Gasteiger partial charge in [0.1, 0.15) is 0 Å². The molecule has 0 radical (unpaired) electrons. The number of carbonyl (C=O) groups is 1. The first-order chi connectivity index (χ1) is 10.1. The molecule has 1 amide bonds. The highest BCUT2D eigenvalue weighted by Gasteiger charge is 2.22. The maximum Gasteiger partial charge on any atom is 0.220 e. The van der Waals surface area contributed by atoms with Crippen LogP contribution >= 0.6 is 0 Å². The van der Waals surface area contributed by atoms with Crippen LogP contribution in [-0.2, 0) is 24.3 Å². The second-order valence-corrected chi connectivity index (χ2v) is 5.61. The number of rotatable bonds is 3. The zero-order valence-corrected chi connectivity index (χ0v) is 12.1. The number of aliphatic hydroxyl groups excluding tert-OH is 1. The molecule has 0 spiro atoms.